The van der Waals surface area contributed by atoms with Gasteiger partial charge in [-0.3, -0.25) is 4.79 Å². The second-order valence-electron chi connectivity index (χ2n) is 11.5. The highest BCUT2D eigenvalue weighted by molar-refractivity contribution is 5.96. The Labute approximate surface area is 227 Å². The number of nitrogens with zero attached hydrogens (tertiary/aromatic N) is 3. The molecule has 1 aromatic heterocycles. The van der Waals surface area contributed by atoms with E-state index in [-0.39, 0.29) is 11.5 Å². The molecule has 2 aliphatic heterocycles. The molecule has 1 spiro atoms. The highest BCUT2D eigenvalue weighted by Gasteiger charge is 2.52. The van der Waals surface area contributed by atoms with Gasteiger partial charge in [0, 0.05) is 43.6 Å². The summed E-state index contributed by atoms with van der Waals surface area (Å²) in [5.41, 5.74) is 5.56. The molecule has 1 saturated carbocycles. The molecule has 2 aromatic carbocycles. The molecule has 3 heterocycles. The van der Waals surface area contributed by atoms with Crippen molar-refractivity contribution < 1.29 is 22.7 Å². The Morgan fingerprint density at radius 3 is 2.44 bits per heavy atom. The molecule has 0 radical (unpaired) electrons. The number of halogens is 3. The third-order valence-electron chi connectivity index (χ3n) is 8.69. The Bertz CT molecular complexity index is 1330. The number of carbonyl (C=O) groups is 1. The average molecular weight is 538 g/mol. The van der Waals surface area contributed by atoms with Crippen LogP contribution >= 0.6 is 0 Å². The Balaban J connectivity index is 0.989. The molecule has 206 valence electrons. The van der Waals surface area contributed by atoms with E-state index in [0.29, 0.717) is 17.8 Å². The third kappa shape index (κ3) is 5.30. The standard InChI is InChI=1S/C31H34F3N3O2/c1-2-26-29(37-16-4-3-5-28(37)35-26)27(38)15-8-21-6-9-22(10-7-21)23-17-30(18-23)19-36(20-30)24-11-13-25(14-12-24)39-31(32,33)34/h6-7,9-14,23H,2-5,8,15-20H2,1H3. The van der Waals surface area contributed by atoms with Gasteiger partial charge in [-0.15, -0.1) is 13.2 Å². The first kappa shape index (κ1) is 26.0. The van der Waals surface area contributed by atoms with E-state index in [1.165, 1.54) is 23.3 Å². The topological polar surface area (TPSA) is 47.4 Å². The fourth-order valence-corrected chi connectivity index (χ4v) is 6.71. The van der Waals surface area contributed by atoms with Gasteiger partial charge in [0.15, 0.2) is 5.78 Å². The molecule has 1 saturated heterocycles. The predicted octanol–water partition coefficient (Wildman–Crippen LogP) is 6.88. The first-order valence-corrected chi connectivity index (χ1v) is 14.0. The van der Waals surface area contributed by atoms with Gasteiger partial charge in [-0.25, -0.2) is 4.98 Å². The molecule has 5 nitrogen and oxygen atoms in total. The highest BCUT2D eigenvalue weighted by Crippen LogP contribution is 2.56. The number of alkyl halides is 3. The number of anilines is 1. The van der Waals surface area contributed by atoms with E-state index in [0.717, 1.165) is 87.5 Å². The zero-order chi connectivity index (χ0) is 27.2. The van der Waals surface area contributed by atoms with Gasteiger partial charge in [0.2, 0.25) is 0 Å². The van der Waals surface area contributed by atoms with Crippen molar-refractivity contribution in [2.24, 2.45) is 5.41 Å². The zero-order valence-electron chi connectivity index (χ0n) is 22.3. The number of carbonyl (C=O) groups excluding carboxylic acids is 1. The number of aryl methyl sites for hydroxylation is 3. The summed E-state index contributed by atoms with van der Waals surface area (Å²) in [7, 11) is 0. The van der Waals surface area contributed by atoms with Crippen LogP contribution in [0.4, 0.5) is 18.9 Å². The van der Waals surface area contributed by atoms with Crippen molar-refractivity contribution in [1.82, 2.24) is 9.55 Å². The Morgan fingerprint density at radius 1 is 1.05 bits per heavy atom. The number of benzene rings is 2. The van der Waals surface area contributed by atoms with Crippen LogP contribution in [0.25, 0.3) is 0 Å². The van der Waals surface area contributed by atoms with Crippen molar-refractivity contribution in [3.63, 3.8) is 0 Å². The van der Waals surface area contributed by atoms with Crippen LogP contribution in [0.5, 0.6) is 5.75 Å². The molecule has 3 aromatic rings. The third-order valence-corrected chi connectivity index (χ3v) is 8.69. The van der Waals surface area contributed by atoms with Gasteiger partial charge in [-0.05, 0) is 79.8 Å². The number of fused-ring (bicyclic) bond motifs is 1. The lowest BCUT2D eigenvalue weighted by molar-refractivity contribution is -0.274. The van der Waals surface area contributed by atoms with E-state index in [2.05, 4.69) is 45.4 Å². The van der Waals surface area contributed by atoms with Crippen LogP contribution in [-0.2, 0) is 25.8 Å². The van der Waals surface area contributed by atoms with Crippen molar-refractivity contribution in [3.05, 3.63) is 76.9 Å². The molecule has 3 aliphatic rings. The fourth-order valence-electron chi connectivity index (χ4n) is 6.71. The summed E-state index contributed by atoms with van der Waals surface area (Å²) in [6.07, 6.45) is 2.85. The maximum Gasteiger partial charge on any atom is 0.573 e. The molecule has 1 aliphatic carbocycles. The van der Waals surface area contributed by atoms with Crippen molar-refractivity contribution in [2.75, 3.05) is 18.0 Å². The van der Waals surface area contributed by atoms with Gasteiger partial charge in [0.05, 0.1) is 5.69 Å². The van der Waals surface area contributed by atoms with E-state index in [1.807, 2.05) is 0 Å². The summed E-state index contributed by atoms with van der Waals surface area (Å²) in [4.78, 5) is 20.1. The number of rotatable bonds is 8. The van der Waals surface area contributed by atoms with E-state index < -0.39 is 6.36 Å². The van der Waals surface area contributed by atoms with Crippen LogP contribution in [0.1, 0.15) is 78.1 Å². The molecule has 0 N–H and O–H groups in total. The van der Waals surface area contributed by atoms with Crippen molar-refractivity contribution in [2.45, 2.75) is 77.1 Å². The molecule has 0 unspecified atom stereocenters. The van der Waals surface area contributed by atoms with Gasteiger partial charge < -0.3 is 14.2 Å². The smallest absolute Gasteiger partial charge is 0.406 e. The van der Waals surface area contributed by atoms with Crippen LogP contribution in [-0.4, -0.2) is 34.8 Å². The second-order valence-corrected chi connectivity index (χ2v) is 11.5. The van der Waals surface area contributed by atoms with Crippen LogP contribution < -0.4 is 9.64 Å². The lowest BCUT2D eigenvalue weighted by atomic mass is 9.56. The van der Waals surface area contributed by atoms with E-state index in [9.17, 15) is 18.0 Å². The number of imidazole rings is 1. The lowest BCUT2D eigenvalue weighted by Gasteiger charge is -2.60. The molecule has 39 heavy (non-hydrogen) atoms. The first-order valence-electron chi connectivity index (χ1n) is 14.0. The summed E-state index contributed by atoms with van der Waals surface area (Å²) >= 11 is 0. The minimum absolute atomic E-state index is 0.190. The molecular weight excluding hydrogens is 503 g/mol. The summed E-state index contributed by atoms with van der Waals surface area (Å²) in [6.45, 7) is 4.84. The maximum absolute atomic E-state index is 13.2. The van der Waals surface area contributed by atoms with Gasteiger partial charge in [0.25, 0.3) is 0 Å². The normalized spacial score (nSPS) is 18.4. The summed E-state index contributed by atoms with van der Waals surface area (Å²) in [5, 5.41) is 0. The van der Waals surface area contributed by atoms with Crippen LogP contribution in [0.3, 0.4) is 0 Å². The van der Waals surface area contributed by atoms with Crippen molar-refractivity contribution in [3.8, 4) is 5.75 Å². The maximum atomic E-state index is 13.2. The summed E-state index contributed by atoms with van der Waals surface area (Å²) in [5.74, 6) is 1.63. The van der Waals surface area contributed by atoms with Gasteiger partial charge in [0.1, 0.15) is 17.3 Å². The monoisotopic (exact) mass is 537 g/mol. The van der Waals surface area contributed by atoms with Crippen molar-refractivity contribution in [1.29, 1.82) is 0 Å². The quantitative estimate of drug-likeness (QED) is 0.294. The molecule has 0 amide bonds. The highest BCUT2D eigenvalue weighted by atomic mass is 19.4. The van der Waals surface area contributed by atoms with Crippen molar-refractivity contribution >= 4 is 11.5 Å². The lowest BCUT2D eigenvalue weighted by Crippen LogP contribution is -2.61. The Hall–Kier alpha value is -3.29. The largest absolute Gasteiger partial charge is 0.573 e. The molecule has 6 rings (SSSR count). The second kappa shape index (κ2) is 10.0. The Kier molecular flexibility index (Phi) is 6.68. The van der Waals surface area contributed by atoms with Crippen LogP contribution in [0.2, 0.25) is 0 Å². The molecule has 8 heteroatoms. The zero-order valence-corrected chi connectivity index (χ0v) is 22.3. The minimum Gasteiger partial charge on any atom is -0.406 e. The van der Waals surface area contributed by atoms with Crippen LogP contribution in [0, 0.1) is 5.41 Å². The Morgan fingerprint density at radius 2 is 1.77 bits per heavy atom. The molecule has 0 bridgehead atoms. The number of ether oxygens (including phenoxy) is 1. The number of Topliss-reactive ketones (excluding diaryl/α,β-unsaturated/α-hetero) is 1. The van der Waals surface area contributed by atoms with E-state index in [4.69, 9.17) is 4.98 Å². The number of hydrogen-bond acceptors (Lipinski definition) is 4. The van der Waals surface area contributed by atoms with Crippen LogP contribution in [0.15, 0.2) is 48.5 Å². The fraction of sp³-hybridized carbons (Fsp3) is 0.484. The number of ketones is 1. The SMILES string of the molecule is CCc1nc2n(c1C(=O)CCc1ccc(C3CC4(C3)CN(c3ccc(OC(F)(F)F)cc3)C4)cc1)CCCC2. The van der Waals surface area contributed by atoms with Gasteiger partial charge in [-0.2, -0.15) is 0 Å². The predicted molar refractivity (Wildman–Crippen MR) is 143 cm³/mol. The van der Waals surface area contributed by atoms with Gasteiger partial charge in [-0.1, -0.05) is 31.2 Å². The molecule has 2 fully saturated rings. The number of hydrogen-bond donors (Lipinski definition) is 0. The summed E-state index contributed by atoms with van der Waals surface area (Å²) in [6, 6.07) is 14.9. The molecule has 0 atom stereocenters. The summed E-state index contributed by atoms with van der Waals surface area (Å²) < 4.78 is 43.3. The minimum atomic E-state index is -4.67. The average Bonchev–Trinajstić information content (AvgIpc) is 3.25. The number of aromatic nitrogens is 2. The molecular formula is C31H34F3N3O2. The first-order chi connectivity index (χ1) is 18.7. The van der Waals surface area contributed by atoms with Gasteiger partial charge >= 0.3 is 6.36 Å². The van der Waals surface area contributed by atoms with E-state index in [1.54, 1.807) is 12.1 Å². The van der Waals surface area contributed by atoms with E-state index >= 15 is 0 Å².